The van der Waals surface area contributed by atoms with Crippen LogP contribution in [0.5, 0.6) is 0 Å². The number of amides is 2. The second-order valence-corrected chi connectivity index (χ2v) is 6.59. The molecule has 132 valence electrons. The van der Waals surface area contributed by atoms with Crippen LogP contribution >= 0.6 is 0 Å². The number of aliphatic hydroxyl groups excluding tert-OH is 1. The number of hydrogen-bond donors (Lipinski definition) is 3. The third-order valence-corrected chi connectivity index (χ3v) is 4.84. The summed E-state index contributed by atoms with van der Waals surface area (Å²) in [5, 5.41) is 16.0. The lowest BCUT2D eigenvalue weighted by Crippen LogP contribution is -2.41. The van der Waals surface area contributed by atoms with Crippen molar-refractivity contribution in [1.82, 2.24) is 15.6 Å². The Balaban J connectivity index is 1.58. The maximum absolute atomic E-state index is 12.4. The molecule has 1 aliphatic carbocycles. The standard InChI is InChI=1S/C20H25N3O2/c24-18(17-11-6-12-21-13-17)14-22-20(25)23-19(16-9-4-5-10-16)15-7-2-1-3-8-15/h1-3,6-8,11-13,16,18-19,24H,4-5,9-10,14H2,(H2,22,23,25)/t18-,19-/m1/s1. The highest BCUT2D eigenvalue weighted by Crippen LogP contribution is 2.35. The van der Waals surface area contributed by atoms with Crippen molar-refractivity contribution >= 4 is 6.03 Å². The maximum atomic E-state index is 12.4. The average molecular weight is 339 g/mol. The third-order valence-electron chi connectivity index (χ3n) is 4.84. The van der Waals surface area contributed by atoms with Crippen molar-refractivity contribution in [2.24, 2.45) is 5.92 Å². The number of urea groups is 1. The largest absolute Gasteiger partial charge is 0.387 e. The fourth-order valence-corrected chi connectivity index (χ4v) is 3.50. The predicted molar refractivity (Wildman–Crippen MR) is 96.9 cm³/mol. The van der Waals surface area contributed by atoms with Crippen molar-refractivity contribution in [2.45, 2.75) is 37.8 Å². The summed E-state index contributed by atoms with van der Waals surface area (Å²) < 4.78 is 0. The van der Waals surface area contributed by atoms with Crippen LogP contribution in [0.4, 0.5) is 4.79 Å². The minimum Gasteiger partial charge on any atom is -0.387 e. The second-order valence-electron chi connectivity index (χ2n) is 6.59. The summed E-state index contributed by atoms with van der Waals surface area (Å²) in [5.74, 6) is 0.469. The summed E-state index contributed by atoms with van der Waals surface area (Å²) in [7, 11) is 0. The van der Waals surface area contributed by atoms with Crippen LogP contribution in [0, 0.1) is 5.92 Å². The normalized spacial score (nSPS) is 17.0. The van der Waals surface area contributed by atoms with E-state index in [0.717, 1.165) is 18.4 Å². The fourth-order valence-electron chi connectivity index (χ4n) is 3.50. The first-order chi connectivity index (χ1) is 12.2. The number of aromatic nitrogens is 1. The molecule has 0 spiro atoms. The Morgan fingerprint density at radius 2 is 1.84 bits per heavy atom. The third kappa shape index (κ3) is 4.79. The number of pyridine rings is 1. The lowest BCUT2D eigenvalue weighted by molar-refractivity contribution is 0.171. The molecule has 2 amide bonds. The van der Waals surface area contributed by atoms with E-state index in [1.165, 1.54) is 12.8 Å². The maximum Gasteiger partial charge on any atom is 0.315 e. The number of aliphatic hydroxyl groups is 1. The summed E-state index contributed by atoms with van der Waals surface area (Å²) in [6, 6.07) is 13.4. The van der Waals surface area contributed by atoms with Crippen LogP contribution < -0.4 is 10.6 Å². The van der Waals surface area contributed by atoms with Crippen LogP contribution in [0.1, 0.15) is 49.0 Å². The van der Waals surface area contributed by atoms with Crippen LogP contribution in [0.3, 0.4) is 0 Å². The minimum atomic E-state index is -0.763. The Hall–Kier alpha value is -2.40. The first-order valence-corrected chi connectivity index (χ1v) is 8.91. The number of rotatable bonds is 6. The molecule has 0 radical (unpaired) electrons. The molecule has 2 atom stereocenters. The number of hydrogen-bond acceptors (Lipinski definition) is 3. The van der Waals surface area contributed by atoms with Gasteiger partial charge in [0.05, 0.1) is 12.1 Å². The van der Waals surface area contributed by atoms with E-state index in [2.05, 4.69) is 27.8 Å². The molecule has 1 aromatic heterocycles. The molecule has 5 heteroatoms. The number of nitrogens with one attached hydrogen (secondary N) is 2. The van der Waals surface area contributed by atoms with Gasteiger partial charge in [-0.3, -0.25) is 4.98 Å². The van der Waals surface area contributed by atoms with Crippen LogP contribution in [-0.4, -0.2) is 22.7 Å². The van der Waals surface area contributed by atoms with Crippen LogP contribution in [0.2, 0.25) is 0 Å². The minimum absolute atomic E-state index is 0.0132. The number of nitrogens with zero attached hydrogens (tertiary/aromatic N) is 1. The molecule has 5 nitrogen and oxygen atoms in total. The van der Waals surface area contributed by atoms with Crippen LogP contribution in [0.15, 0.2) is 54.9 Å². The molecule has 0 aliphatic heterocycles. The molecule has 1 aliphatic rings. The SMILES string of the molecule is O=C(NC[C@@H](O)c1cccnc1)N[C@H](c1ccccc1)C1CCCC1. The van der Waals surface area contributed by atoms with E-state index in [0.29, 0.717) is 11.5 Å². The molecule has 0 unspecified atom stereocenters. The molecule has 3 rings (SSSR count). The van der Waals surface area contributed by atoms with Gasteiger partial charge < -0.3 is 15.7 Å². The van der Waals surface area contributed by atoms with Gasteiger partial charge in [0.25, 0.3) is 0 Å². The highest BCUT2D eigenvalue weighted by atomic mass is 16.3. The smallest absolute Gasteiger partial charge is 0.315 e. The molecule has 0 saturated heterocycles. The number of benzene rings is 1. The van der Waals surface area contributed by atoms with Gasteiger partial charge in [-0.2, -0.15) is 0 Å². The first kappa shape index (κ1) is 17.4. The topological polar surface area (TPSA) is 74.2 Å². The van der Waals surface area contributed by atoms with E-state index >= 15 is 0 Å². The molecular formula is C20H25N3O2. The van der Waals surface area contributed by atoms with E-state index < -0.39 is 6.10 Å². The summed E-state index contributed by atoms with van der Waals surface area (Å²) in [6.07, 6.45) is 7.21. The number of carbonyl (C=O) groups is 1. The van der Waals surface area contributed by atoms with Gasteiger partial charge in [-0.1, -0.05) is 49.2 Å². The first-order valence-electron chi connectivity index (χ1n) is 8.91. The van der Waals surface area contributed by atoms with Gasteiger partial charge >= 0.3 is 6.03 Å². The molecule has 25 heavy (non-hydrogen) atoms. The summed E-state index contributed by atoms with van der Waals surface area (Å²) >= 11 is 0. The Bertz CT molecular complexity index is 657. The number of carbonyl (C=O) groups excluding carboxylic acids is 1. The quantitative estimate of drug-likeness (QED) is 0.755. The Kier molecular flexibility index (Phi) is 6.01. The van der Waals surface area contributed by atoms with Crippen molar-refractivity contribution in [1.29, 1.82) is 0 Å². The van der Waals surface area contributed by atoms with Crippen molar-refractivity contribution in [3.63, 3.8) is 0 Å². The van der Waals surface area contributed by atoms with Gasteiger partial charge in [0, 0.05) is 24.5 Å². The average Bonchev–Trinajstić information content (AvgIpc) is 3.20. The van der Waals surface area contributed by atoms with Crippen molar-refractivity contribution in [3.8, 4) is 0 Å². The molecular weight excluding hydrogens is 314 g/mol. The zero-order valence-electron chi connectivity index (χ0n) is 14.3. The van der Waals surface area contributed by atoms with Gasteiger partial charge in [-0.05, 0) is 30.4 Å². The van der Waals surface area contributed by atoms with Gasteiger partial charge in [0.1, 0.15) is 0 Å². The molecule has 1 heterocycles. The summed E-state index contributed by atoms with van der Waals surface area (Å²) in [6.45, 7) is 0.156. The van der Waals surface area contributed by atoms with Gasteiger partial charge in [-0.25, -0.2) is 4.79 Å². The van der Waals surface area contributed by atoms with E-state index in [1.807, 2.05) is 18.2 Å². The van der Waals surface area contributed by atoms with Crippen molar-refractivity contribution in [3.05, 3.63) is 66.0 Å². The Morgan fingerprint density at radius 3 is 2.52 bits per heavy atom. The zero-order valence-corrected chi connectivity index (χ0v) is 14.3. The molecule has 3 N–H and O–H groups in total. The molecule has 1 fully saturated rings. The van der Waals surface area contributed by atoms with Crippen molar-refractivity contribution in [2.75, 3.05) is 6.54 Å². The highest BCUT2D eigenvalue weighted by molar-refractivity contribution is 5.74. The van der Waals surface area contributed by atoms with Gasteiger partial charge in [0.2, 0.25) is 0 Å². The monoisotopic (exact) mass is 339 g/mol. The van der Waals surface area contributed by atoms with Crippen LogP contribution in [0.25, 0.3) is 0 Å². The second kappa shape index (κ2) is 8.62. The molecule has 0 bridgehead atoms. The van der Waals surface area contributed by atoms with E-state index in [-0.39, 0.29) is 18.6 Å². The predicted octanol–water partition coefficient (Wildman–Crippen LogP) is 3.35. The highest BCUT2D eigenvalue weighted by Gasteiger charge is 2.27. The fraction of sp³-hybridized carbons (Fsp3) is 0.400. The lowest BCUT2D eigenvalue weighted by atomic mass is 9.92. The Morgan fingerprint density at radius 1 is 1.12 bits per heavy atom. The molecule has 2 aromatic rings. The van der Waals surface area contributed by atoms with Crippen LogP contribution in [-0.2, 0) is 0 Å². The summed E-state index contributed by atoms with van der Waals surface area (Å²) in [5.41, 5.74) is 1.83. The van der Waals surface area contributed by atoms with Gasteiger partial charge in [0.15, 0.2) is 0 Å². The molecule has 1 aromatic carbocycles. The Labute approximate surface area is 148 Å². The van der Waals surface area contributed by atoms with E-state index in [9.17, 15) is 9.90 Å². The van der Waals surface area contributed by atoms with Crippen molar-refractivity contribution < 1.29 is 9.90 Å². The van der Waals surface area contributed by atoms with Gasteiger partial charge in [-0.15, -0.1) is 0 Å². The molecule has 1 saturated carbocycles. The van der Waals surface area contributed by atoms with E-state index in [1.54, 1.807) is 24.5 Å². The van der Waals surface area contributed by atoms with E-state index in [4.69, 9.17) is 0 Å². The zero-order chi connectivity index (χ0) is 17.5. The summed E-state index contributed by atoms with van der Waals surface area (Å²) in [4.78, 5) is 16.4. The lowest BCUT2D eigenvalue weighted by Gasteiger charge is -2.25.